The lowest BCUT2D eigenvalue weighted by molar-refractivity contribution is -0.117. The van der Waals surface area contributed by atoms with Crippen molar-refractivity contribution in [1.29, 1.82) is 0 Å². The van der Waals surface area contributed by atoms with Crippen molar-refractivity contribution in [1.82, 2.24) is 21.3 Å². The van der Waals surface area contributed by atoms with E-state index in [1.165, 1.54) is 0 Å². The van der Waals surface area contributed by atoms with Crippen molar-refractivity contribution in [2.24, 2.45) is 11.5 Å². The summed E-state index contributed by atoms with van der Waals surface area (Å²) in [5.41, 5.74) is 13.2. The maximum absolute atomic E-state index is 11.0. The average molecular weight is 473 g/mol. The van der Waals surface area contributed by atoms with Crippen molar-refractivity contribution < 1.29 is 15.0 Å². The molecule has 0 spiro atoms. The van der Waals surface area contributed by atoms with Gasteiger partial charge in [-0.05, 0) is 48.2 Å². The lowest BCUT2D eigenvalue weighted by atomic mass is 10.1. The fourth-order valence-corrected chi connectivity index (χ4v) is 3.68. The normalized spacial score (nSPS) is 13.0. The Morgan fingerprint density at radius 1 is 0.735 bits per heavy atom. The van der Waals surface area contributed by atoms with Crippen molar-refractivity contribution in [2.45, 2.75) is 31.3 Å². The van der Waals surface area contributed by atoms with Gasteiger partial charge in [0.15, 0.2) is 0 Å². The van der Waals surface area contributed by atoms with Gasteiger partial charge < -0.3 is 42.9 Å². The largest absolute Gasteiger partial charge is 0.508 e. The number of hydrogen-bond acceptors (Lipinski definition) is 8. The zero-order chi connectivity index (χ0) is 24.6. The van der Waals surface area contributed by atoms with Crippen LogP contribution in [0.5, 0.6) is 11.5 Å². The number of phenols is 2. The third kappa shape index (κ3) is 12.0. The van der Waals surface area contributed by atoms with Gasteiger partial charge >= 0.3 is 0 Å². The van der Waals surface area contributed by atoms with E-state index < -0.39 is 0 Å². The van der Waals surface area contributed by atoms with Crippen LogP contribution in [-0.2, 0) is 17.6 Å². The molecule has 2 unspecified atom stereocenters. The zero-order valence-electron chi connectivity index (χ0n) is 19.8. The average Bonchev–Trinajstić information content (AvgIpc) is 2.82. The van der Waals surface area contributed by atoms with Crippen LogP contribution in [0.25, 0.3) is 0 Å². The van der Waals surface area contributed by atoms with E-state index in [2.05, 4.69) is 21.3 Å². The molecule has 10 N–H and O–H groups in total. The van der Waals surface area contributed by atoms with Gasteiger partial charge in [0.1, 0.15) is 11.5 Å². The van der Waals surface area contributed by atoms with Crippen molar-refractivity contribution in [3.8, 4) is 11.5 Å². The number of aromatic hydroxyl groups is 2. The number of primary amides is 1. The Labute approximate surface area is 202 Å². The first-order valence-electron chi connectivity index (χ1n) is 11.9. The number of rotatable bonds is 18. The molecule has 0 aliphatic heterocycles. The molecule has 9 heteroatoms. The first-order valence-corrected chi connectivity index (χ1v) is 11.9. The summed E-state index contributed by atoms with van der Waals surface area (Å²) in [6.07, 6.45) is 1.95. The van der Waals surface area contributed by atoms with Crippen molar-refractivity contribution >= 4 is 5.91 Å². The number of nitrogens with one attached hydrogen (secondary N) is 4. The molecule has 2 rings (SSSR count). The minimum Gasteiger partial charge on any atom is -0.508 e. The minimum absolute atomic E-state index is 0.169. The molecule has 0 aromatic heterocycles. The number of amides is 1. The van der Waals surface area contributed by atoms with Gasteiger partial charge in [-0.3, -0.25) is 4.79 Å². The van der Waals surface area contributed by atoms with Crippen molar-refractivity contribution in [3.63, 3.8) is 0 Å². The zero-order valence-corrected chi connectivity index (χ0v) is 19.8. The quantitative estimate of drug-likeness (QED) is 0.139. The molecule has 1 amide bonds. The van der Waals surface area contributed by atoms with E-state index in [1.54, 1.807) is 24.3 Å². The monoisotopic (exact) mass is 472 g/mol. The van der Waals surface area contributed by atoms with Gasteiger partial charge in [-0.2, -0.15) is 0 Å². The Morgan fingerprint density at radius 2 is 1.21 bits per heavy atom. The third-order valence-corrected chi connectivity index (χ3v) is 5.48. The fourth-order valence-electron chi connectivity index (χ4n) is 3.68. The van der Waals surface area contributed by atoms with Crippen LogP contribution >= 0.6 is 0 Å². The summed E-state index contributed by atoms with van der Waals surface area (Å²) in [6, 6.07) is 14.9. The fraction of sp³-hybridized carbons (Fsp3) is 0.480. The van der Waals surface area contributed by atoms with Gasteiger partial charge in [-0.15, -0.1) is 0 Å². The standard InChI is InChI=1S/C25H40N6O3/c26-10-12-30-21(15-19-1-5-23(32)6-2-19)18-29-13-14-31-22(17-28-11-9-25(27)34)16-20-3-7-24(33)8-4-20/h1-8,21-22,28-33H,9-18,26H2,(H2,27,34). The predicted molar refractivity (Wildman–Crippen MR) is 136 cm³/mol. The highest BCUT2D eigenvalue weighted by molar-refractivity contribution is 5.73. The van der Waals surface area contributed by atoms with Crippen LogP contribution < -0.4 is 32.7 Å². The smallest absolute Gasteiger partial charge is 0.218 e. The predicted octanol–water partition coefficient (Wildman–Crippen LogP) is -0.187. The number of nitrogens with two attached hydrogens (primary N) is 2. The van der Waals surface area contributed by atoms with Crippen LogP contribution in [0.3, 0.4) is 0 Å². The maximum Gasteiger partial charge on any atom is 0.218 e. The Kier molecular flexibility index (Phi) is 13.0. The van der Waals surface area contributed by atoms with Crippen LogP contribution in [-0.4, -0.2) is 74.0 Å². The SMILES string of the molecule is NCCNC(CNCCNC(CNCCC(N)=O)Cc1ccc(O)cc1)Cc1ccc(O)cc1. The highest BCUT2D eigenvalue weighted by Crippen LogP contribution is 2.12. The van der Waals surface area contributed by atoms with Gasteiger partial charge in [-0.1, -0.05) is 24.3 Å². The first kappa shape index (κ1) is 27.6. The van der Waals surface area contributed by atoms with Crippen LogP contribution in [0.1, 0.15) is 17.5 Å². The van der Waals surface area contributed by atoms with Gasteiger partial charge in [0.2, 0.25) is 5.91 Å². The summed E-state index contributed by atoms with van der Waals surface area (Å²) in [7, 11) is 0. The summed E-state index contributed by atoms with van der Waals surface area (Å²) >= 11 is 0. The topological polar surface area (TPSA) is 158 Å². The van der Waals surface area contributed by atoms with E-state index in [9.17, 15) is 15.0 Å². The molecule has 0 radical (unpaired) electrons. The molecule has 34 heavy (non-hydrogen) atoms. The molecule has 0 aliphatic rings. The van der Waals surface area contributed by atoms with E-state index in [1.807, 2.05) is 24.3 Å². The number of hydrogen-bond donors (Lipinski definition) is 8. The van der Waals surface area contributed by atoms with Crippen LogP contribution in [0.2, 0.25) is 0 Å². The molecule has 0 heterocycles. The van der Waals surface area contributed by atoms with Crippen molar-refractivity contribution in [3.05, 3.63) is 59.7 Å². The molecule has 9 nitrogen and oxygen atoms in total. The summed E-state index contributed by atoms with van der Waals surface area (Å²) in [5, 5.41) is 32.8. The third-order valence-electron chi connectivity index (χ3n) is 5.48. The lowest BCUT2D eigenvalue weighted by Crippen LogP contribution is -2.46. The Hall–Kier alpha value is -2.69. The van der Waals surface area contributed by atoms with Gasteiger partial charge in [0, 0.05) is 64.3 Å². The Bertz CT molecular complexity index is 816. The highest BCUT2D eigenvalue weighted by atomic mass is 16.3. The van der Waals surface area contributed by atoms with E-state index in [-0.39, 0.29) is 29.5 Å². The second-order valence-corrected chi connectivity index (χ2v) is 8.46. The molecule has 2 aromatic rings. The van der Waals surface area contributed by atoms with Gasteiger partial charge in [-0.25, -0.2) is 0 Å². The molecular formula is C25H40N6O3. The molecular weight excluding hydrogens is 432 g/mol. The molecule has 0 fully saturated rings. The second kappa shape index (κ2) is 16.0. The van der Waals surface area contributed by atoms with Crippen LogP contribution in [0.4, 0.5) is 0 Å². The molecule has 0 aliphatic carbocycles. The van der Waals surface area contributed by atoms with E-state index >= 15 is 0 Å². The summed E-state index contributed by atoms with van der Waals surface area (Å²) in [5.74, 6) is 0.206. The maximum atomic E-state index is 11.0. The van der Waals surface area contributed by atoms with Gasteiger partial charge in [0.05, 0.1) is 0 Å². The van der Waals surface area contributed by atoms with Crippen molar-refractivity contribution in [2.75, 3.05) is 45.8 Å². The Balaban J connectivity index is 1.78. The Morgan fingerprint density at radius 3 is 1.68 bits per heavy atom. The summed E-state index contributed by atoms with van der Waals surface area (Å²) in [6.45, 7) is 4.95. The second-order valence-electron chi connectivity index (χ2n) is 8.46. The molecule has 0 bridgehead atoms. The van der Waals surface area contributed by atoms with Crippen LogP contribution in [0.15, 0.2) is 48.5 Å². The molecule has 2 aromatic carbocycles. The molecule has 0 saturated heterocycles. The number of benzene rings is 2. The van der Waals surface area contributed by atoms with E-state index in [0.29, 0.717) is 26.1 Å². The lowest BCUT2D eigenvalue weighted by Gasteiger charge is -2.22. The number of phenolic OH excluding ortho intramolecular Hbond substituents is 2. The molecule has 0 saturated carbocycles. The van der Waals surface area contributed by atoms with E-state index in [4.69, 9.17) is 11.5 Å². The summed E-state index contributed by atoms with van der Waals surface area (Å²) in [4.78, 5) is 11.0. The first-order chi connectivity index (χ1) is 16.5. The number of carbonyl (C=O) groups excluding carboxylic acids is 1. The minimum atomic E-state index is -0.315. The summed E-state index contributed by atoms with van der Waals surface area (Å²) < 4.78 is 0. The molecule has 2 atom stereocenters. The molecule has 188 valence electrons. The highest BCUT2D eigenvalue weighted by Gasteiger charge is 2.11. The van der Waals surface area contributed by atoms with E-state index in [0.717, 1.165) is 50.1 Å². The number of carbonyl (C=O) groups is 1. The van der Waals surface area contributed by atoms with Crippen LogP contribution in [0, 0.1) is 0 Å². The van der Waals surface area contributed by atoms with Gasteiger partial charge in [0.25, 0.3) is 0 Å².